The molecule has 0 spiro atoms. The maximum Gasteiger partial charge on any atom is 0.259 e. The van der Waals surface area contributed by atoms with Crippen molar-refractivity contribution in [2.75, 3.05) is 0 Å². The van der Waals surface area contributed by atoms with Gasteiger partial charge in [-0.1, -0.05) is 30.3 Å². The fourth-order valence-corrected chi connectivity index (χ4v) is 3.40. The molecule has 2 aromatic rings. The van der Waals surface area contributed by atoms with Crippen molar-refractivity contribution in [3.8, 4) is 5.75 Å². The summed E-state index contributed by atoms with van der Waals surface area (Å²) in [7, 11) is 0. The fourth-order valence-electron chi connectivity index (χ4n) is 3.40. The SMILES string of the molecule is O=C1NC(=O)C2=C1c1ccccc1C1=[NH+]c3ccccc3OC12. The molecule has 0 bridgehead atoms. The van der Waals surface area contributed by atoms with Crippen LogP contribution in [0.15, 0.2) is 54.1 Å². The van der Waals surface area contributed by atoms with Gasteiger partial charge in [0.1, 0.15) is 0 Å². The van der Waals surface area contributed by atoms with E-state index in [1.54, 1.807) is 0 Å². The van der Waals surface area contributed by atoms with E-state index in [2.05, 4.69) is 10.3 Å². The molecule has 5 rings (SSSR count). The Morgan fingerprint density at radius 1 is 0.913 bits per heavy atom. The minimum absolute atomic E-state index is 0.362. The second-order valence-electron chi connectivity index (χ2n) is 5.65. The van der Waals surface area contributed by atoms with Crippen LogP contribution in [0, 0.1) is 0 Å². The summed E-state index contributed by atoms with van der Waals surface area (Å²) < 4.78 is 6.05. The normalized spacial score (nSPS) is 20.7. The van der Waals surface area contributed by atoms with Gasteiger partial charge in [0.05, 0.1) is 16.7 Å². The number of hydrogen-bond donors (Lipinski definition) is 2. The van der Waals surface area contributed by atoms with Gasteiger partial charge in [0, 0.05) is 11.6 Å². The van der Waals surface area contributed by atoms with E-state index in [-0.39, 0.29) is 11.8 Å². The van der Waals surface area contributed by atoms with Crippen LogP contribution in [0.25, 0.3) is 5.57 Å². The Kier molecular flexibility index (Phi) is 2.24. The number of amides is 2. The second-order valence-corrected chi connectivity index (χ2v) is 5.65. The predicted molar refractivity (Wildman–Crippen MR) is 82.1 cm³/mol. The number of benzene rings is 2. The Labute approximate surface area is 131 Å². The first-order valence-electron chi connectivity index (χ1n) is 7.33. The van der Waals surface area contributed by atoms with E-state index in [1.807, 2.05) is 48.5 Å². The Morgan fingerprint density at radius 3 is 2.52 bits per heavy atom. The summed E-state index contributed by atoms with van der Waals surface area (Å²) in [4.78, 5) is 27.9. The van der Waals surface area contributed by atoms with E-state index in [0.29, 0.717) is 16.9 Å². The van der Waals surface area contributed by atoms with E-state index in [0.717, 1.165) is 22.5 Å². The van der Waals surface area contributed by atoms with Crippen LogP contribution in [0.1, 0.15) is 11.1 Å². The number of carbonyl (C=O) groups is 2. The molecule has 1 unspecified atom stereocenters. The Bertz CT molecular complexity index is 972. The van der Waals surface area contributed by atoms with Crippen LogP contribution >= 0.6 is 0 Å². The summed E-state index contributed by atoms with van der Waals surface area (Å²) >= 11 is 0. The summed E-state index contributed by atoms with van der Waals surface area (Å²) in [5.41, 5.74) is 4.08. The number of imide groups is 1. The van der Waals surface area contributed by atoms with Crippen molar-refractivity contribution in [2.45, 2.75) is 6.10 Å². The van der Waals surface area contributed by atoms with Crippen LogP contribution in [-0.4, -0.2) is 23.6 Å². The summed E-state index contributed by atoms with van der Waals surface area (Å²) in [5, 5.41) is 2.38. The maximum absolute atomic E-state index is 12.3. The summed E-state index contributed by atoms with van der Waals surface area (Å²) in [6.45, 7) is 0. The van der Waals surface area contributed by atoms with Gasteiger partial charge in [-0.3, -0.25) is 14.9 Å². The molecule has 2 N–H and O–H groups in total. The van der Waals surface area contributed by atoms with Gasteiger partial charge in [0.2, 0.25) is 17.5 Å². The Balaban J connectivity index is 1.85. The highest BCUT2D eigenvalue weighted by molar-refractivity contribution is 6.40. The Morgan fingerprint density at radius 2 is 1.65 bits per heavy atom. The molecule has 0 saturated heterocycles. The van der Waals surface area contributed by atoms with Crippen molar-refractivity contribution < 1.29 is 19.3 Å². The van der Waals surface area contributed by atoms with Crippen LogP contribution in [0.4, 0.5) is 5.69 Å². The first-order chi connectivity index (χ1) is 11.2. The minimum Gasteiger partial charge on any atom is -0.467 e. The highest BCUT2D eigenvalue weighted by atomic mass is 16.5. The molecule has 5 nitrogen and oxygen atoms in total. The minimum atomic E-state index is -0.596. The van der Waals surface area contributed by atoms with Crippen LogP contribution in [0.3, 0.4) is 0 Å². The molecule has 0 fully saturated rings. The lowest BCUT2D eigenvalue weighted by atomic mass is 9.82. The van der Waals surface area contributed by atoms with E-state index in [9.17, 15) is 9.59 Å². The molecule has 2 heterocycles. The molecule has 3 aliphatic rings. The second kappa shape index (κ2) is 4.16. The van der Waals surface area contributed by atoms with Crippen molar-refractivity contribution in [2.24, 2.45) is 0 Å². The van der Waals surface area contributed by atoms with Crippen molar-refractivity contribution in [1.82, 2.24) is 5.32 Å². The predicted octanol–water partition coefficient (Wildman–Crippen LogP) is 0.0726. The fraction of sp³-hybridized carbons (Fsp3) is 0.0556. The van der Waals surface area contributed by atoms with Crippen molar-refractivity contribution in [3.05, 3.63) is 65.2 Å². The number of fused-ring (bicyclic) bond motifs is 6. The third-order valence-corrected chi connectivity index (χ3v) is 4.38. The van der Waals surface area contributed by atoms with Gasteiger partial charge in [-0.2, -0.15) is 0 Å². The Hall–Kier alpha value is -3.21. The molecule has 0 radical (unpaired) electrons. The largest absolute Gasteiger partial charge is 0.467 e. The molecular weight excluding hydrogens is 292 g/mol. The first-order valence-corrected chi connectivity index (χ1v) is 7.33. The zero-order chi connectivity index (χ0) is 15.6. The average molecular weight is 303 g/mol. The third kappa shape index (κ3) is 1.53. The quantitative estimate of drug-likeness (QED) is 0.677. The highest BCUT2D eigenvalue weighted by Crippen LogP contribution is 2.37. The van der Waals surface area contributed by atoms with Gasteiger partial charge in [0.25, 0.3) is 11.8 Å². The van der Waals surface area contributed by atoms with E-state index < -0.39 is 6.10 Å². The van der Waals surface area contributed by atoms with Crippen molar-refractivity contribution in [1.29, 1.82) is 0 Å². The van der Waals surface area contributed by atoms with Crippen molar-refractivity contribution in [3.63, 3.8) is 0 Å². The number of nitrogens with one attached hydrogen (secondary N) is 2. The number of para-hydroxylation sites is 2. The maximum atomic E-state index is 12.3. The van der Waals surface area contributed by atoms with E-state index >= 15 is 0 Å². The number of hydrogen-bond acceptors (Lipinski definition) is 3. The molecule has 0 aromatic heterocycles. The molecular formula is C18H11N2O3+. The van der Waals surface area contributed by atoms with Crippen LogP contribution in [-0.2, 0) is 9.59 Å². The topological polar surface area (TPSA) is 69.4 Å². The number of rotatable bonds is 0. The van der Waals surface area contributed by atoms with Gasteiger partial charge >= 0.3 is 0 Å². The molecule has 110 valence electrons. The first kappa shape index (κ1) is 12.3. The number of ether oxygens (including phenoxy) is 1. The summed E-state index contributed by atoms with van der Waals surface area (Å²) in [6.07, 6.45) is -0.596. The van der Waals surface area contributed by atoms with Gasteiger partial charge in [0.15, 0.2) is 5.75 Å². The van der Waals surface area contributed by atoms with Gasteiger partial charge in [-0.25, -0.2) is 4.99 Å². The zero-order valence-electron chi connectivity index (χ0n) is 11.9. The molecule has 5 heteroatoms. The van der Waals surface area contributed by atoms with Crippen LogP contribution < -0.4 is 15.0 Å². The standard InChI is InChI=1S/C18H10N2O3/c21-17-13-9-5-1-2-6-10(9)15-16(14(13)18(22)20-17)23-12-8-4-3-7-11(12)19-15/h1-8,16H,(H,20,21,22)/p+1. The van der Waals surface area contributed by atoms with Crippen LogP contribution in [0.2, 0.25) is 0 Å². The lowest BCUT2D eigenvalue weighted by Crippen LogP contribution is -2.73. The number of carbonyl (C=O) groups excluding carboxylic acids is 2. The third-order valence-electron chi connectivity index (χ3n) is 4.38. The van der Waals surface area contributed by atoms with Gasteiger partial charge in [-0.05, 0) is 12.1 Å². The van der Waals surface area contributed by atoms with Crippen molar-refractivity contribution >= 4 is 28.8 Å². The highest BCUT2D eigenvalue weighted by Gasteiger charge is 2.48. The molecule has 0 saturated carbocycles. The molecule has 1 aliphatic carbocycles. The summed E-state index contributed by atoms with van der Waals surface area (Å²) in [5.74, 6) is -0.0817. The smallest absolute Gasteiger partial charge is 0.259 e. The van der Waals surface area contributed by atoms with Gasteiger partial charge in [-0.15, -0.1) is 0 Å². The molecule has 1 atom stereocenters. The summed E-state index contributed by atoms with van der Waals surface area (Å²) in [6, 6.07) is 15.1. The van der Waals surface area contributed by atoms with Gasteiger partial charge < -0.3 is 4.74 Å². The molecule has 2 amide bonds. The van der Waals surface area contributed by atoms with E-state index in [1.165, 1.54) is 0 Å². The van der Waals surface area contributed by atoms with E-state index in [4.69, 9.17) is 4.74 Å². The molecule has 23 heavy (non-hydrogen) atoms. The molecule has 2 aliphatic heterocycles. The molecule has 2 aromatic carbocycles. The lowest BCUT2D eigenvalue weighted by molar-refractivity contribution is -0.363. The monoisotopic (exact) mass is 303 g/mol. The lowest BCUT2D eigenvalue weighted by Gasteiger charge is -2.26. The average Bonchev–Trinajstić information content (AvgIpc) is 2.88. The zero-order valence-corrected chi connectivity index (χ0v) is 11.9. The van der Waals surface area contributed by atoms with Crippen LogP contribution in [0.5, 0.6) is 5.75 Å².